The minimum Gasteiger partial charge on any atom is -0.349 e. The maximum atomic E-state index is 12.5. The zero-order chi connectivity index (χ0) is 20.8. The van der Waals surface area contributed by atoms with Gasteiger partial charge in [-0.25, -0.2) is 0 Å². The summed E-state index contributed by atoms with van der Waals surface area (Å²) in [6.45, 7) is 1.57. The molecule has 2 N–H and O–H groups in total. The lowest BCUT2D eigenvalue weighted by molar-refractivity contribution is -0.385. The molecule has 3 rings (SSSR count). The second-order valence-corrected chi connectivity index (χ2v) is 7.29. The number of piperidine rings is 1. The van der Waals surface area contributed by atoms with Crippen molar-refractivity contribution >= 4 is 34.8 Å². The van der Waals surface area contributed by atoms with Gasteiger partial charge < -0.3 is 10.6 Å². The van der Waals surface area contributed by atoms with Gasteiger partial charge in [-0.3, -0.25) is 24.6 Å². The summed E-state index contributed by atoms with van der Waals surface area (Å²) < 4.78 is 0. The molecule has 2 amide bonds. The van der Waals surface area contributed by atoms with Gasteiger partial charge >= 0.3 is 0 Å². The molecule has 2 aromatic rings. The van der Waals surface area contributed by atoms with Gasteiger partial charge in [-0.15, -0.1) is 0 Å². The fourth-order valence-electron chi connectivity index (χ4n) is 3.27. The van der Waals surface area contributed by atoms with E-state index in [0.717, 1.165) is 5.69 Å². The molecule has 1 fully saturated rings. The minimum absolute atomic E-state index is 0.0101. The van der Waals surface area contributed by atoms with Crippen molar-refractivity contribution in [3.8, 4) is 0 Å². The van der Waals surface area contributed by atoms with E-state index < -0.39 is 10.8 Å². The van der Waals surface area contributed by atoms with E-state index in [-0.39, 0.29) is 34.8 Å². The second kappa shape index (κ2) is 9.49. The van der Waals surface area contributed by atoms with Gasteiger partial charge in [-0.05, 0) is 37.1 Å². The summed E-state index contributed by atoms with van der Waals surface area (Å²) in [7, 11) is 0. The summed E-state index contributed by atoms with van der Waals surface area (Å²) in [6.07, 6.45) is 1.32. The Balaban J connectivity index is 1.49. The molecule has 1 aliphatic rings. The highest BCUT2D eigenvalue weighted by atomic mass is 35.5. The summed E-state index contributed by atoms with van der Waals surface area (Å²) in [4.78, 5) is 37.2. The molecule has 0 aromatic heterocycles. The predicted molar refractivity (Wildman–Crippen MR) is 110 cm³/mol. The molecule has 0 unspecified atom stereocenters. The SMILES string of the molecule is O=C(CN1CCC(NC(=O)c2ccc(Cl)cc2[N+](=O)[O-])CC1)Nc1ccccc1. The molecule has 0 aliphatic carbocycles. The van der Waals surface area contributed by atoms with Crippen LogP contribution in [-0.4, -0.2) is 47.3 Å². The first-order valence-electron chi connectivity index (χ1n) is 9.24. The van der Waals surface area contributed by atoms with E-state index in [9.17, 15) is 19.7 Å². The van der Waals surface area contributed by atoms with Crippen molar-refractivity contribution in [3.63, 3.8) is 0 Å². The molecule has 0 bridgehead atoms. The normalized spacial score (nSPS) is 14.9. The van der Waals surface area contributed by atoms with Gasteiger partial charge in [0.1, 0.15) is 5.56 Å². The first kappa shape index (κ1) is 20.8. The Hall–Kier alpha value is -2.97. The van der Waals surface area contributed by atoms with Crippen molar-refractivity contribution in [3.05, 3.63) is 69.2 Å². The van der Waals surface area contributed by atoms with Gasteiger partial charge in [0, 0.05) is 35.9 Å². The monoisotopic (exact) mass is 416 g/mol. The van der Waals surface area contributed by atoms with Gasteiger partial charge in [0.05, 0.1) is 11.5 Å². The van der Waals surface area contributed by atoms with Crippen molar-refractivity contribution in [2.24, 2.45) is 0 Å². The summed E-state index contributed by atoms with van der Waals surface area (Å²) >= 11 is 5.79. The number of anilines is 1. The molecule has 29 heavy (non-hydrogen) atoms. The number of nitrogens with zero attached hydrogens (tertiary/aromatic N) is 2. The summed E-state index contributed by atoms with van der Waals surface area (Å²) in [5, 5.41) is 17.1. The predicted octanol–water partition coefficient (Wildman–Crippen LogP) is 3.08. The molecule has 0 radical (unpaired) electrons. The van der Waals surface area contributed by atoms with E-state index in [1.54, 1.807) is 0 Å². The number of likely N-dealkylation sites (tertiary alicyclic amines) is 1. The molecule has 0 spiro atoms. The van der Waals surface area contributed by atoms with E-state index in [0.29, 0.717) is 25.9 Å². The van der Waals surface area contributed by atoms with Crippen molar-refractivity contribution in [2.45, 2.75) is 18.9 Å². The second-order valence-electron chi connectivity index (χ2n) is 6.86. The highest BCUT2D eigenvalue weighted by Gasteiger charge is 2.26. The number of halogens is 1. The average molecular weight is 417 g/mol. The lowest BCUT2D eigenvalue weighted by Crippen LogP contribution is -2.46. The quantitative estimate of drug-likeness (QED) is 0.556. The van der Waals surface area contributed by atoms with Crippen LogP contribution in [0.4, 0.5) is 11.4 Å². The standard InChI is InChI=1S/C20H21ClN4O4/c21-14-6-7-17(18(12-14)25(28)29)20(27)23-16-8-10-24(11-9-16)13-19(26)22-15-4-2-1-3-5-15/h1-7,12,16H,8-11,13H2,(H,22,26)(H,23,27). The van der Waals surface area contributed by atoms with Gasteiger partial charge in [-0.1, -0.05) is 29.8 Å². The van der Waals surface area contributed by atoms with Gasteiger partial charge in [-0.2, -0.15) is 0 Å². The first-order valence-corrected chi connectivity index (χ1v) is 9.62. The number of rotatable bonds is 6. The van der Waals surface area contributed by atoms with E-state index in [1.165, 1.54) is 18.2 Å². The van der Waals surface area contributed by atoms with E-state index >= 15 is 0 Å². The van der Waals surface area contributed by atoms with E-state index in [4.69, 9.17) is 11.6 Å². The largest absolute Gasteiger partial charge is 0.349 e. The Morgan fingerprint density at radius 1 is 1.14 bits per heavy atom. The average Bonchev–Trinajstić information content (AvgIpc) is 2.70. The molecule has 2 aromatic carbocycles. The van der Waals surface area contributed by atoms with Crippen LogP contribution in [0.3, 0.4) is 0 Å². The fourth-order valence-corrected chi connectivity index (χ4v) is 3.44. The molecule has 1 saturated heterocycles. The van der Waals surface area contributed by atoms with Crippen LogP contribution in [0.25, 0.3) is 0 Å². The number of nitro benzene ring substituents is 1. The molecular weight excluding hydrogens is 396 g/mol. The first-order chi connectivity index (χ1) is 13.9. The molecule has 1 aliphatic heterocycles. The van der Waals surface area contributed by atoms with Crippen molar-refractivity contribution < 1.29 is 14.5 Å². The molecule has 0 saturated carbocycles. The summed E-state index contributed by atoms with van der Waals surface area (Å²) in [5.74, 6) is -0.580. The highest BCUT2D eigenvalue weighted by molar-refractivity contribution is 6.31. The molecule has 0 atom stereocenters. The third-order valence-electron chi connectivity index (χ3n) is 4.75. The number of amides is 2. The molecule has 8 nitrogen and oxygen atoms in total. The van der Waals surface area contributed by atoms with Crippen LogP contribution in [0.5, 0.6) is 0 Å². The van der Waals surface area contributed by atoms with Gasteiger partial charge in [0.2, 0.25) is 5.91 Å². The molecule has 152 valence electrons. The van der Waals surface area contributed by atoms with Gasteiger partial charge in [0.25, 0.3) is 11.6 Å². The van der Waals surface area contributed by atoms with Crippen LogP contribution in [0.1, 0.15) is 23.2 Å². The number of nitro groups is 1. The Morgan fingerprint density at radius 3 is 2.48 bits per heavy atom. The maximum absolute atomic E-state index is 12.5. The zero-order valence-electron chi connectivity index (χ0n) is 15.6. The molecule has 9 heteroatoms. The topological polar surface area (TPSA) is 105 Å². The van der Waals surface area contributed by atoms with E-state index in [1.807, 2.05) is 35.2 Å². The van der Waals surface area contributed by atoms with Crippen LogP contribution in [0.2, 0.25) is 5.02 Å². The number of benzene rings is 2. The Labute approximate surface area is 173 Å². The van der Waals surface area contributed by atoms with Crippen molar-refractivity contribution in [1.29, 1.82) is 0 Å². The number of para-hydroxylation sites is 1. The smallest absolute Gasteiger partial charge is 0.283 e. The summed E-state index contributed by atoms with van der Waals surface area (Å²) in [5.41, 5.74) is 0.429. The Kier molecular flexibility index (Phi) is 6.79. The van der Waals surface area contributed by atoms with E-state index in [2.05, 4.69) is 10.6 Å². The number of hydrogen-bond donors (Lipinski definition) is 2. The third-order valence-corrected chi connectivity index (χ3v) is 4.98. The number of carbonyl (C=O) groups excluding carboxylic acids is 2. The van der Waals surface area contributed by atoms with Crippen molar-refractivity contribution in [2.75, 3.05) is 25.0 Å². The highest BCUT2D eigenvalue weighted by Crippen LogP contribution is 2.23. The molecule has 1 heterocycles. The summed E-state index contributed by atoms with van der Waals surface area (Å²) in [6, 6.07) is 13.1. The lowest BCUT2D eigenvalue weighted by Gasteiger charge is -2.31. The maximum Gasteiger partial charge on any atom is 0.283 e. The van der Waals surface area contributed by atoms with Crippen LogP contribution in [0, 0.1) is 10.1 Å². The van der Waals surface area contributed by atoms with Crippen LogP contribution in [-0.2, 0) is 4.79 Å². The number of hydrogen-bond acceptors (Lipinski definition) is 5. The van der Waals surface area contributed by atoms with Crippen LogP contribution < -0.4 is 10.6 Å². The zero-order valence-corrected chi connectivity index (χ0v) is 16.4. The third kappa shape index (κ3) is 5.75. The van der Waals surface area contributed by atoms with Crippen LogP contribution >= 0.6 is 11.6 Å². The molecular formula is C20H21ClN4O4. The Morgan fingerprint density at radius 2 is 1.83 bits per heavy atom. The fraction of sp³-hybridized carbons (Fsp3) is 0.300. The van der Waals surface area contributed by atoms with Crippen LogP contribution in [0.15, 0.2) is 48.5 Å². The number of carbonyl (C=O) groups is 2. The Bertz CT molecular complexity index is 899. The number of nitrogens with one attached hydrogen (secondary N) is 2. The van der Waals surface area contributed by atoms with Gasteiger partial charge in [0.15, 0.2) is 0 Å². The van der Waals surface area contributed by atoms with Crippen molar-refractivity contribution in [1.82, 2.24) is 10.2 Å². The lowest BCUT2D eigenvalue weighted by atomic mass is 10.0. The minimum atomic E-state index is -0.616.